The Morgan fingerprint density at radius 2 is 1.95 bits per heavy atom. The highest BCUT2D eigenvalue weighted by atomic mass is 19.1. The van der Waals surface area contributed by atoms with E-state index in [1.165, 1.54) is 17.7 Å². The van der Waals surface area contributed by atoms with E-state index in [9.17, 15) is 4.39 Å². The molecule has 96 valence electrons. The minimum Gasteiger partial charge on any atom is -0.486 e. The molecule has 0 unspecified atom stereocenters. The van der Waals surface area contributed by atoms with Crippen molar-refractivity contribution in [3.8, 4) is 5.75 Å². The number of nitrogens with zero attached hydrogens (tertiary/aromatic N) is 1. The van der Waals surface area contributed by atoms with Gasteiger partial charge in [-0.1, -0.05) is 6.07 Å². The van der Waals surface area contributed by atoms with Gasteiger partial charge in [-0.2, -0.15) is 0 Å². The topological polar surface area (TPSA) is 37.9 Å². The summed E-state index contributed by atoms with van der Waals surface area (Å²) in [5.74, 6) is 1.11. The van der Waals surface area contributed by atoms with Gasteiger partial charge in [0.05, 0.1) is 11.0 Å². The third kappa shape index (κ3) is 2.57. The van der Waals surface area contributed by atoms with Gasteiger partial charge in [0.2, 0.25) is 0 Å². The molecule has 0 saturated heterocycles. The van der Waals surface area contributed by atoms with Crippen LogP contribution in [0.25, 0.3) is 11.0 Å². The van der Waals surface area contributed by atoms with Gasteiger partial charge in [0, 0.05) is 0 Å². The fourth-order valence-corrected chi connectivity index (χ4v) is 1.93. The molecule has 0 bridgehead atoms. The fraction of sp³-hybridized carbons (Fsp3) is 0.133. The number of nitrogens with one attached hydrogen (secondary N) is 1. The second kappa shape index (κ2) is 4.72. The van der Waals surface area contributed by atoms with Gasteiger partial charge in [0.25, 0.3) is 0 Å². The third-order valence-electron chi connectivity index (χ3n) is 2.88. The molecule has 3 nitrogen and oxygen atoms in total. The molecular formula is C15H13FN2O. The van der Waals surface area contributed by atoms with E-state index in [-0.39, 0.29) is 5.82 Å². The largest absolute Gasteiger partial charge is 0.486 e. The van der Waals surface area contributed by atoms with Gasteiger partial charge in [-0.05, 0) is 48.9 Å². The van der Waals surface area contributed by atoms with Gasteiger partial charge in [-0.25, -0.2) is 9.37 Å². The van der Waals surface area contributed by atoms with Gasteiger partial charge < -0.3 is 9.72 Å². The lowest BCUT2D eigenvalue weighted by atomic mass is 10.2. The standard InChI is InChI=1S/C15H13FN2O/c1-10-2-7-13-14(8-10)18-15(17-13)9-19-12-5-3-11(16)4-6-12/h2-8H,9H2,1H3,(H,17,18). The molecule has 0 radical (unpaired) electrons. The molecule has 1 aromatic heterocycles. The summed E-state index contributed by atoms with van der Waals surface area (Å²) >= 11 is 0. The number of fused-ring (bicyclic) bond motifs is 1. The van der Waals surface area contributed by atoms with Crippen molar-refractivity contribution in [2.24, 2.45) is 0 Å². The van der Waals surface area contributed by atoms with Gasteiger partial charge in [-0.15, -0.1) is 0 Å². The molecule has 0 aliphatic heterocycles. The van der Waals surface area contributed by atoms with E-state index in [2.05, 4.69) is 9.97 Å². The van der Waals surface area contributed by atoms with Gasteiger partial charge in [0.1, 0.15) is 24.0 Å². The van der Waals surface area contributed by atoms with E-state index in [0.717, 1.165) is 16.9 Å². The normalized spacial score (nSPS) is 10.8. The third-order valence-corrected chi connectivity index (χ3v) is 2.88. The zero-order chi connectivity index (χ0) is 13.2. The summed E-state index contributed by atoms with van der Waals surface area (Å²) in [4.78, 5) is 7.64. The minimum absolute atomic E-state index is 0.272. The van der Waals surface area contributed by atoms with Crippen LogP contribution in [-0.4, -0.2) is 9.97 Å². The number of imidazole rings is 1. The van der Waals surface area contributed by atoms with Crippen molar-refractivity contribution in [1.29, 1.82) is 0 Å². The number of halogens is 1. The van der Waals surface area contributed by atoms with Gasteiger partial charge in [-0.3, -0.25) is 0 Å². The van der Waals surface area contributed by atoms with Crippen LogP contribution >= 0.6 is 0 Å². The van der Waals surface area contributed by atoms with Gasteiger partial charge >= 0.3 is 0 Å². The van der Waals surface area contributed by atoms with Crippen molar-refractivity contribution in [3.05, 3.63) is 59.7 Å². The van der Waals surface area contributed by atoms with Crippen LogP contribution in [-0.2, 0) is 6.61 Å². The minimum atomic E-state index is -0.272. The van der Waals surface area contributed by atoms with Crippen LogP contribution in [0.2, 0.25) is 0 Å². The maximum Gasteiger partial charge on any atom is 0.146 e. The Morgan fingerprint density at radius 3 is 2.74 bits per heavy atom. The van der Waals surface area contributed by atoms with E-state index in [0.29, 0.717) is 12.4 Å². The van der Waals surface area contributed by atoms with E-state index in [1.807, 2.05) is 25.1 Å². The number of aromatic nitrogens is 2. The van der Waals surface area contributed by atoms with Crippen LogP contribution < -0.4 is 4.74 Å². The second-order valence-electron chi connectivity index (χ2n) is 4.45. The molecule has 0 atom stereocenters. The van der Waals surface area contributed by atoms with Crippen molar-refractivity contribution >= 4 is 11.0 Å². The summed E-state index contributed by atoms with van der Waals surface area (Å²) in [6.45, 7) is 2.37. The average Bonchev–Trinajstić information content (AvgIpc) is 2.80. The number of rotatable bonds is 3. The number of aromatic amines is 1. The first kappa shape index (κ1) is 11.7. The van der Waals surface area contributed by atoms with E-state index < -0.39 is 0 Å². The number of benzene rings is 2. The van der Waals surface area contributed by atoms with Crippen LogP contribution in [0, 0.1) is 12.7 Å². The predicted molar refractivity (Wildman–Crippen MR) is 71.6 cm³/mol. The molecule has 3 aromatic rings. The molecule has 0 aliphatic rings. The summed E-state index contributed by atoms with van der Waals surface area (Å²) in [6, 6.07) is 12.0. The zero-order valence-electron chi connectivity index (χ0n) is 10.5. The molecule has 19 heavy (non-hydrogen) atoms. The lowest BCUT2D eigenvalue weighted by Gasteiger charge is -2.03. The molecule has 0 amide bonds. The van der Waals surface area contributed by atoms with Crippen LogP contribution in [0.15, 0.2) is 42.5 Å². The number of aryl methyl sites for hydroxylation is 1. The summed E-state index contributed by atoms with van der Waals surface area (Å²) in [7, 11) is 0. The van der Waals surface area contributed by atoms with Crippen LogP contribution in [0.3, 0.4) is 0 Å². The van der Waals surface area contributed by atoms with Crippen molar-refractivity contribution < 1.29 is 9.13 Å². The Bertz CT molecular complexity index is 704. The summed E-state index contributed by atoms with van der Waals surface area (Å²) in [5.41, 5.74) is 3.10. The Morgan fingerprint density at radius 1 is 1.16 bits per heavy atom. The molecule has 4 heteroatoms. The SMILES string of the molecule is Cc1ccc2nc(COc3ccc(F)cc3)[nH]c2c1. The molecule has 0 fully saturated rings. The Labute approximate surface area is 110 Å². The molecule has 0 spiro atoms. The Kier molecular flexibility index (Phi) is 2.91. The molecule has 1 N–H and O–H groups in total. The van der Waals surface area contributed by atoms with E-state index in [1.54, 1.807) is 12.1 Å². The fourth-order valence-electron chi connectivity index (χ4n) is 1.93. The number of ether oxygens (including phenoxy) is 1. The van der Waals surface area contributed by atoms with Crippen molar-refractivity contribution in [2.45, 2.75) is 13.5 Å². The predicted octanol–water partition coefficient (Wildman–Crippen LogP) is 3.59. The molecule has 3 rings (SSSR count). The Hall–Kier alpha value is -2.36. The lowest BCUT2D eigenvalue weighted by molar-refractivity contribution is 0.297. The average molecular weight is 256 g/mol. The van der Waals surface area contributed by atoms with Gasteiger partial charge in [0.15, 0.2) is 0 Å². The van der Waals surface area contributed by atoms with E-state index in [4.69, 9.17) is 4.74 Å². The monoisotopic (exact) mass is 256 g/mol. The van der Waals surface area contributed by atoms with Crippen LogP contribution in [0.1, 0.15) is 11.4 Å². The summed E-state index contributed by atoms with van der Waals surface area (Å²) < 4.78 is 18.3. The first-order valence-electron chi connectivity index (χ1n) is 6.04. The maximum atomic E-state index is 12.8. The first-order chi connectivity index (χ1) is 9.20. The van der Waals surface area contributed by atoms with Crippen molar-refractivity contribution in [3.63, 3.8) is 0 Å². The van der Waals surface area contributed by atoms with Crippen LogP contribution in [0.4, 0.5) is 4.39 Å². The van der Waals surface area contributed by atoms with Crippen molar-refractivity contribution in [1.82, 2.24) is 9.97 Å². The molecule has 1 heterocycles. The summed E-state index contributed by atoms with van der Waals surface area (Å²) in [5, 5.41) is 0. The highest BCUT2D eigenvalue weighted by Crippen LogP contribution is 2.16. The maximum absolute atomic E-state index is 12.8. The number of H-pyrrole nitrogens is 1. The summed E-state index contributed by atoms with van der Waals surface area (Å²) in [6.07, 6.45) is 0. The number of hydrogen-bond acceptors (Lipinski definition) is 2. The molecule has 0 saturated carbocycles. The highest BCUT2D eigenvalue weighted by molar-refractivity contribution is 5.75. The second-order valence-corrected chi connectivity index (χ2v) is 4.45. The molecule has 2 aromatic carbocycles. The quantitative estimate of drug-likeness (QED) is 0.777. The first-order valence-corrected chi connectivity index (χ1v) is 6.04. The molecule has 0 aliphatic carbocycles. The number of hydrogen-bond donors (Lipinski definition) is 1. The van der Waals surface area contributed by atoms with E-state index >= 15 is 0 Å². The lowest BCUT2D eigenvalue weighted by Crippen LogP contribution is -1.97. The molecular weight excluding hydrogens is 243 g/mol. The highest BCUT2D eigenvalue weighted by Gasteiger charge is 2.03. The zero-order valence-corrected chi connectivity index (χ0v) is 10.5. The smallest absolute Gasteiger partial charge is 0.146 e. The Balaban J connectivity index is 1.76. The van der Waals surface area contributed by atoms with Crippen LogP contribution in [0.5, 0.6) is 5.75 Å². The van der Waals surface area contributed by atoms with Crippen molar-refractivity contribution in [2.75, 3.05) is 0 Å².